The molecule has 0 bridgehead atoms. The van der Waals surface area contributed by atoms with Gasteiger partial charge in [0.15, 0.2) is 11.5 Å². The second-order valence-corrected chi connectivity index (χ2v) is 29.7. The highest BCUT2D eigenvalue weighted by molar-refractivity contribution is 8.76. The highest BCUT2D eigenvalue weighted by Gasteiger charge is 2.49. The van der Waals surface area contributed by atoms with Gasteiger partial charge in [0.25, 0.3) is 10.1 Å². The minimum atomic E-state index is -4.78. The number of benzene rings is 2. The standard InChI is InChI=1S/C63H83N10O14PS3/c1-62(2)43-20-7-9-22-47(43)71(5)50(62)38-41-57(42(58(41)78)39-51-63(3,4)44-21-8-10-23-48(44)72(51)6)73-35-19-24-49(73)61(81)70-55(77)27-12-11-26-54(76)69-46(40-91(85,86)87)60(80)67-33-17-14-28-53(75)68-45(30-36-88(82,83)84)59(79)66-32-16-13-25-52(74)64-34-37-89-90-56-29-15-18-31-65-56/h7-10,15,18,20-23,29,31,38-39,45-46,49H,11-14,16-17,19,24-28,30,32-37,40H2,1-6H3,(H8-,64,66,67,68,69,70,74,75,76,77,79,80,81,82,83,84,85,86,87)/p+1. The predicted octanol–water partition coefficient (Wildman–Crippen LogP) is 5.38. The van der Waals surface area contributed by atoms with Crippen molar-refractivity contribution in [2.24, 2.45) is 0 Å². The molecule has 7 rings (SSSR count). The van der Waals surface area contributed by atoms with Crippen molar-refractivity contribution in [3.8, 4) is 0 Å². The lowest BCUT2D eigenvalue weighted by atomic mass is 9.76. The fourth-order valence-electron chi connectivity index (χ4n) is 11.8. The normalized spacial score (nSPS) is 18.1. The Labute approximate surface area is 539 Å². The van der Waals surface area contributed by atoms with E-state index in [2.05, 4.69) is 86.2 Å². The van der Waals surface area contributed by atoms with Gasteiger partial charge in [-0.25, -0.2) is 4.98 Å². The fourth-order valence-corrected chi connectivity index (χ4v) is 14.8. The molecular weight excluding hydrogens is 1250 g/mol. The minimum Gasteiger partial charge on any atom is -0.358 e. The number of hydrogen-bond acceptors (Lipinski definition) is 16. The molecule has 1 aromatic heterocycles. The van der Waals surface area contributed by atoms with Crippen molar-refractivity contribution in [2.45, 2.75) is 145 Å². The van der Waals surface area contributed by atoms with Gasteiger partial charge in [-0.2, -0.15) is 13.0 Å². The van der Waals surface area contributed by atoms with Gasteiger partial charge in [0, 0.05) is 111 Å². The number of fused-ring (bicyclic) bond motifs is 2. The number of nitrogens with one attached hydrogen (secondary N) is 6. The van der Waals surface area contributed by atoms with E-state index in [0.29, 0.717) is 61.4 Å². The molecule has 24 nitrogen and oxygen atoms in total. The smallest absolute Gasteiger partial charge is 0.325 e. The first kappa shape index (κ1) is 71.4. The van der Waals surface area contributed by atoms with Gasteiger partial charge in [-0.3, -0.25) is 52.8 Å². The lowest BCUT2D eigenvalue weighted by Crippen LogP contribution is -2.50. The van der Waals surface area contributed by atoms with Crippen LogP contribution < -0.4 is 36.8 Å². The lowest BCUT2D eigenvalue weighted by molar-refractivity contribution is -0.401. The summed E-state index contributed by atoms with van der Waals surface area (Å²) in [7, 11) is -2.30. The highest BCUT2D eigenvalue weighted by Crippen LogP contribution is 2.49. The molecule has 4 aliphatic rings. The SMILES string of the molecule is CN1C(=CC2=C(N3CCCC3C(=O)NC(=O)CCCCC(=O)NC(CS(=O)(=O)O)C(=O)NCCCCC(=O)NC(CCP(=O)(O)O)C(=O)NCCCCC(=O)NCCSSc3ccccn3)C(=CC3=[N+](C)c4ccccc4C3(C)C)C2=O)C(C)(C)c2ccccc21. The Hall–Kier alpha value is -7.00. The van der Waals surface area contributed by atoms with Crippen LogP contribution in [0.3, 0.4) is 0 Å². The molecule has 0 saturated carbocycles. The van der Waals surface area contributed by atoms with Crippen LogP contribution in [0.2, 0.25) is 0 Å². The Morgan fingerprint density at radius 3 is 1.98 bits per heavy atom. The Balaban J connectivity index is 0.850. The number of ketones is 1. The summed E-state index contributed by atoms with van der Waals surface area (Å²) < 4.78 is 47.2. The van der Waals surface area contributed by atoms with Crippen molar-refractivity contribution >= 4 is 104 Å². The van der Waals surface area contributed by atoms with Crippen LogP contribution in [0, 0.1) is 0 Å². The number of rotatable bonds is 33. The van der Waals surface area contributed by atoms with Gasteiger partial charge in [-0.1, -0.05) is 67.1 Å². The number of allylic oxidation sites excluding steroid dienone is 5. The Kier molecular flexibility index (Phi) is 25.1. The van der Waals surface area contributed by atoms with E-state index in [1.54, 1.807) is 17.0 Å². The monoisotopic (exact) mass is 1330 g/mol. The van der Waals surface area contributed by atoms with Crippen LogP contribution in [0.5, 0.6) is 0 Å². The van der Waals surface area contributed by atoms with Gasteiger partial charge in [0.05, 0.1) is 22.8 Å². The summed E-state index contributed by atoms with van der Waals surface area (Å²) in [6, 6.07) is 18.0. The second-order valence-electron chi connectivity index (χ2n) is 24.0. The van der Waals surface area contributed by atoms with Gasteiger partial charge in [0.1, 0.15) is 36.0 Å². The number of carbonyl (C=O) groups is 8. The fraction of sp³-hybridized carbons (Fsp3) is 0.492. The van der Waals surface area contributed by atoms with Crippen LogP contribution in [0.4, 0.5) is 11.4 Å². The summed E-state index contributed by atoms with van der Waals surface area (Å²) in [4.78, 5) is 134. The molecule has 4 heterocycles. The lowest BCUT2D eigenvalue weighted by Gasteiger charge is -2.37. The van der Waals surface area contributed by atoms with Crippen molar-refractivity contribution in [3.05, 3.63) is 119 Å². The van der Waals surface area contributed by atoms with E-state index >= 15 is 0 Å². The summed E-state index contributed by atoms with van der Waals surface area (Å²) in [5.74, 6) is -4.88. The van der Waals surface area contributed by atoms with E-state index in [0.717, 1.165) is 38.9 Å². The molecule has 3 aliphatic heterocycles. The first-order valence-electron chi connectivity index (χ1n) is 30.6. The average Bonchev–Trinajstić information content (AvgIpc) is 1.68. The van der Waals surface area contributed by atoms with E-state index in [1.165, 1.54) is 10.8 Å². The number of pyridine rings is 1. The number of carbonyl (C=O) groups excluding carboxylic acids is 8. The number of para-hydroxylation sites is 2. The van der Waals surface area contributed by atoms with Gasteiger partial charge in [-0.05, 0) is 112 Å². The molecule has 7 amide bonds. The van der Waals surface area contributed by atoms with E-state index in [1.807, 2.05) is 85.7 Å². The Morgan fingerprint density at radius 1 is 0.758 bits per heavy atom. The summed E-state index contributed by atoms with van der Waals surface area (Å²) in [5, 5.41) is 16.2. The van der Waals surface area contributed by atoms with Gasteiger partial charge in [0.2, 0.25) is 47.0 Å². The summed E-state index contributed by atoms with van der Waals surface area (Å²) in [6.45, 7) is 9.43. The molecule has 9 N–H and O–H groups in total. The number of Topliss-reactive ketones (excluding diaryl/α,β-unsaturated/α-hetero) is 1. The topological polar surface area (TPSA) is 343 Å². The number of aromatic nitrogens is 1. The van der Waals surface area contributed by atoms with Crippen molar-refractivity contribution < 1.29 is 70.3 Å². The number of likely N-dealkylation sites (N-methyl/N-ethyl adjacent to an activating group) is 1. The summed E-state index contributed by atoms with van der Waals surface area (Å²) in [6.07, 6.45) is 6.65. The average molecular weight is 1330 g/mol. The zero-order valence-electron chi connectivity index (χ0n) is 52.3. The molecule has 1 fully saturated rings. The quantitative estimate of drug-likeness (QED) is 0.00922. The van der Waals surface area contributed by atoms with Crippen LogP contribution in [-0.4, -0.2) is 166 Å². The molecule has 3 unspecified atom stereocenters. The zero-order chi connectivity index (χ0) is 66.3. The Morgan fingerprint density at radius 2 is 1.35 bits per heavy atom. The van der Waals surface area contributed by atoms with Crippen LogP contribution in [0.1, 0.15) is 122 Å². The van der Waals surface area contributed by atoms with Crippen LogP contribution in [0.25, 0.3) is 0 Å². The third-order valence-electron chi connectivity index (χ3n) is 16.5. The summed E-state index contributed by atoms with van der Waals surface area (Å²) in [5.41, 5.74) is 6.83. The number of amides is 7. The number of hydrogen-bond donors (Lipinski definition) is 9. The molecule has 1 aliphatic carbocycles. The predicted molar refractivity (Wildman–Crippen MR) is 349 cm³/mol. The number of unbranched alkanes of at least 4 members (excludes halogenated alkanes) is 3. The van der Waals surface area contributed by atoms with Crippen molar-refractivity contribution in [2.75, 3.05) is 62.8 Å². The Bertz CT molecular complexity index is 3530. The zero-order valence-corrected chi connectivity index (χ0v) is 55.6. The van der Waals surface area contributed by atoms with E-state index in [4.69, 9.17) is 0 Å². The first-order valence-corrected chi connectivity index (χ1v) is 36.3. The van der Waals surface area contributed by atoms with Gasteiger partial charge in [-0.15, -0.1) is 0 Å². The third kappa shape index (κ3) is 19.5. The van der Waals surface area contributed by atoms with Crippen molar-refractivity contribution in [1.82, 2.24) is 41.8 Å². The van der Waals surface area contributed by atoms with E-state index in [9.17, 15) is 65.7 Å². The molecule has 492 valence electrons. The van der Waals surface area contributed by atoms with Crippen molar-refractivity contribution in [3.63, 3.8) is 0 Å². The number of imide groups is 1. The maximum absolute atomic E-state index is 14.6. The maximum atomic E-state index is 14.6. The molecular formula is C63H84N10O14PS3+. The largest absolute Gasteiger partial charge is 0.358 e. The van der Waals surface area contributed by atoms with E-state index < -0.39 is 94.0 Å². The third-order valence-corrected chi connectivity index (χ3v) is 20.4. The van der Waals surface area contributed by atoms with Gasteiger partial charge >= 0.3 is 7.60 Å². The molecule has 3 aromatic rings. The van der Waals surface area contributed by atoms with Crippen LogP contribution >= 0.6 is 29.2 Å². The summed E-state index contributed by atoms with van der Waals surface area (Å²) >= 11 is 0. The molecule has 28 heteroatoms. The number of anilines is 1. The number of likely N-dealkylation sites (tertiary alicyclic amines) is 1. The minimum absolute atomic E-state index is 0.0940. The molecule has 0 spiro atoms. The molecule has 3 atom stereocenters. The number of nitrogens with zero attached hydrogens (tertiary/aromatic N) is 4. The molecule has 1 saturated heterocycles. The van der Waals surface area contributed by atoms with Crippen molar-refractivity contribution in [1.29, 1.82) is 0 Å². The highest BCUT2D eigenvalue weighted by atomic mass is 33.1. The van der Waals surface area contributed by atoms with Crippen LogP contribution in [0.15, 0.2) is 113 Å². The van der Waals surface area contributed by atoms with Gasteiger partial charge < -0.3 is 46.2 Å². The second kappa shape index (κ2) is 32.0. The maximum Gasteiger partial charge on any atom is 0.325 e. The molecule has 2 aromatic carbocycles. The first-order chi connectivity index (χ1) is 43.1. The molecule has 0 radical (unpaired) electrons. The van der Waals surface area contributed by atoms with E-state index in [-0.39, 0.29) is 82.6 Å². The molecule has 91 heavy (non-hydrogen) atoms. The van der Waals surface area contributed by atoms with Crippen LogP contribution in [-0.2, 0) is 63.9 Å².